The molecule has 4 nitrogen and oxygen atoms in total. The molecule has 0 spiro atoms. The lowest BCUT2D eigenvalue weighted by Gasteiger charge is -2.04. The first kappa shape index (κ1) is 15.5. The monoisotopic (exact) mass is 344 g/mol. The van der Waals surface area contributed by atoms with Crippen molar-refractivity contribution in [1.29, 1.82) is 0 Å². The third-order valence-corrected chi connectivity index (χ3v) is 4.31. The predicted molar refractivity (Wildman–Crippen MR) is 92.7 cm³/mol. The van der Waals surface area contributed by atoms with Crippen LogP contribution in [-0.2, 0) is 6.61 Å². The fraction of sp³-hybridized carbons (Fsp3) is 0.0588. The summed E-state index contributed by atoms with van der Waals surface area (Å²) in [6, 6.07) is 14.9. The number of ether oxygens (including phenoxy) is 1. The van der Waals surface area contributed by atoms with Crippen LogP contribution in [0.25, 0.3) is 10.6 Å². The summed E-state index contributed by atoms with van der Waals surface area (Å²) >= 11 is 7.47. The standard InChI is InChI=1S/C17H13ClN2O2S/c18-14-5-3-13(4-6-14)17-20-15(11-23-17)10-22-16-7-1-12(2-8-16)9-19-21/h1-9,11,21H,10H2/b19-9+. The summed E-state index contributed by atoms with van der Waals surface area (Å²) in [6.07, 6.45) is 1.36. The fourth-order valence-electron chi connectivity index (χ4n) is 1.97. The van der Waals surface area contributed by atoms with Crippen molar-refractivity contribution in [2.24, 2.45) is 5.16 Å². The Morgan fingerprint density at radius 1 is 1.13 bits per heavy atom. The molecule has 0 radical (unpaired) electrons. The number of halogens is 1. The molecule has 0 unspecified atom stereocenters. The van der Waals surface area contributed by atoms with Crippen LogP contribution in [0.5, 0.6) is 5.75 Å². The topological polar surface area (TPSA) is 54.7 Å². The van der Waals surface area contributed by atoms with E-state index < -0.39 is 0 Å². The number of benzene rings is 2. The van der Waals surface area contributed by atoms with Gasteiger partial charge in [0.1, 0.15) is 17.4 Å². The lowest BCUT2D eigenvalue weighted by Crippen LogP contribution is -1.96. The van der Waals surface area contributed by atoms with Crippen LogP contribution in [0.4, 0.5) is 0 Å². The molecule has 1 heterocycles. The highest BCUT2D eigenvalue weighted by Gasteiger charge is 2.05. The summed E-state index contributed by atoms with van der Waals surface area (Å²) in [6.45, 7) is 0.400. The average Bonchev–Trinajstić information content (AvgIpc) is 3.04. The number of nitrogens with zero attached hydrogens (tertiary/aromatic N) is 2. The van der Waals surface area contributed by atoms with E-state index >= 15 is 0 Å². The maximum absolute atomic E-state index is 8.48. The summed E-state index contributed by atoms with van der Waals surface area (Å²) < 4.78 is 5.71. The zero-order valence-corrected chi connectivity index (χ0v) is 13.6. The maximum Gasteiger partial charge on any atom is 0.131 e. The van der Waals surface area contributed by atoms with Gasteiger partial charge in [0.2, 0.25) is 0 Å². The van der Waals surface area contributed by atoms with Crippen molar-refractivity contribution in [2.75, 3.05) is 0 Å². The summed E-state index contributed by atoms with van der Waals surface area (Å²) in [5.41, 5.74) is 2.72. The molecular formula is C17H13ClN2O2S. The molecule has 1 aromatic heterocycles. The number of hydrogen-bond donors (Lipinski definition) is 1. The number of thiazole rings is 1. The second-order valence-electron chi connectivity index (χ2n) is 4.75. The minimum atomic E-state index is 0.400. The molecule has 116 valence electrons. The largest absolute Gasteiger partial charge is 0.487 e. The van der Waals surface area contributed by atoms with Gasteiger partial charge in [0, 0.05) is 16.0 Å². The van der Waals surface area contributed by atoms with Gasteiger partial charge in [-0.05, 0) is 42.0 Å². The highest BCUT2D eigenvalue weighted by atomic mass is 35.5. The van der Waals surface area contributed by atoms with Gasteiger partial charge in [-0.25, -0.2) is 4.98 Å². The van der Waals surface area contributed by atoms with Crippen molar-refractivity contribution in [3.8, 4) is 16.3 Å². The Hall–Kier alpha value is -2.37. The molecule has 3 rings (SSSR count). The van der Waals surface area contributed by atoms with E-state index in [1.165, 1.54) is 6.21 Å². The molecule has 3 aromatic rings. The molecule has 2 aromatic carbocycles. The van der Waals surface area contributed by atoms with E-state index in [0.29, 0.717) is 11.6 Å². The summed E-state index contributed by atoms with van der Waals surface area (Å²) in [5.74, 6) is 0.737. The van der Waals surface area contributed by atoms with E-state index in [0.717, 1.165) is 27.6 Å². The number of oxime groups is 1. The molecule has 0 aliphatic carbocycles. The highest BCUT2D eigenvalue weighted by molar-refractivity contribution is 7.13. The number of hydrogen-bond acceptors (Lipinski definition) is 5. The maximum atomic E-state index is 8.48. The smallest absolute Gasteiger partial charge is 0.131 e. The Kier molecular flexibility index (Phi) is 4.90. The van der Waals surface area contributed by atoms with Gasteiger partial charge in [-0.15, -0.1) is 11.3 Å². The van der Waals surface area contributed by atoms with Gasteiger partial charge >= 0.3 is 0 Å². The lowest BCUT2D eigenvalue weighted by atomic mass is 10.2. The predicted octanol–water partition coefficient (Wildman–Crippen LogP) is 4.85. The second-order valence-corrected chi connectivity index (χ2v) is 6.05. The average molecular weight is 345 g/mol. The Morgan fingerprint density at radius 2 is 1.87 bits per heavy atom. The van der Waals surface area contributed by atoms with Gasteiger partial charge in [0.25, 0.3) is 0 Å². The van der Waals surface area contributed by atoms with Gasteiger partial charge < -0.3 is 9.94 Å². The van der Waals surface area contributed by atoms with E-state index in [9.17, 15) is 0 Å². The van der Waals surface area contributed by atoms with Crippen LogP contribution in [-0.4, -0.2) is 16.4 Å². The first-order valence-corrected chi connectivity index (χ1v) is 8.11. The third kappa shape index (κ3) is 4.09. The molecule has 23 heavy (non-hydrogen) atoms. The van der Waals surface area contributed by atoms with Gasteiger partial charge in [-0.2, -0.15) is 0 Å². The Morgan fingerprint density at radius 3 is 2.57 bits per heavy atom. The third-order valence-electron chi connectivity index (χ3n) is 3.12. The quantitative estimate of drug-likeness (QED) is 0.409. The normalized spacial score (nSPS) is 11.0. The summed E-state index contributed by atoms with van der Waals surface area (Å²) in [4.78, 5) is 4.57. The number of aromatic nitrogens is 1. The van der Waals surface area contributed by atoms with Crippen molar-refractivity contribution in [2.45, 2.75) is 6.61 Å². The zero-order chi connectivity index (χ0) is 16.1. The van der Waals surface area contributed by atoms with E-state index in [1.54, 1.807) is 11.3 Å². The summed E-state index contributed by atoms with van der Waals surface area (Å²) in [5, 5.41) is 15.1. The van der Waals surface area contributed by atoms with E-state index in [2.05, 4.69) is 10.1 Å². The lowest BCUT2D eigenvalue weighted by molar-refractivity contribution is 0.302. The van der Waals surface area contributed by atoms with Crippen molar-refractivity contribution in [3.05, 3.63) is 70.2 Å². The van der Waals surface area contributed by atoms with E-state index in [4.69, 9.17) is 21.5 Å². The first-order chi connectivity index (χ1) is 11.2. The molecule has 0 atom stereocenters. The van der Waals surface area contributed by atoms with E-state index in [-0.39, 0.29) is 0 Å². The van der Waals surface area contributed by atoms with Crippen LogP contribution in [0.2, 0.25) is 5.02 Å². The molecule has 0 fully saturated rings. The van der Waals surface area contributed by atoms with Crippen molar-refractivity contribution >= 4 is 29.2 Å². The minimum absolute atomic E-state index is 0.400. The molecular weight excluding hydrogens is 332 g/mol. The molecule has 0 bridgehead atoms. The van der Waals surface area contributed by atoms with Gasteiger partial charge in [0.15, 0.2) is 0 Å². The molecule has 0 amide bonds. The minimum Gasteiger partial charge on any atom is -0.487 e. The number of rotatable bonds is 5. The van der Waals surface area contributed by atoms with E-state index in [1.807, 2.05) is 53.9 Å². The first-order valence-electron chi connectivity index (χ1n) is 6.85. The Balaban J connectivity index is 1.64. The second kappa shape index (κ2) is 7.26. The SMILES string of the molecule is O/N=C/c1ccc(OCc2csc(-c3ccc(Cl)cc3)n2)cc1. The molecule has 0 saturated heterocycles. The van der Waals surface area contributed by atoms with Crippen LogP contribution >= 0.6 is 22.9 Å². The van der Waals surface area contributed by atoms with Crippen LogP contribution in [0.3, 0.4) is 0 Å². The van der Waals surface area contributed by atoms with Crippen molar-refractivity contribution in [1.82, 2.24) is 4.98 Å². The molecule has 0 saturated carbocycles. The Labute approximate surface area is 142 Å². The van der Waals surface area contributed by atoms with Crippen LogP contribution in [0, 0.1) is 0 Å². The molecule has 1 N–H and O–H groups in total. The van der Waals surface area contributed by atoms with Crippen LogP contribution in [0.1, 0.15) is 11.3 Å². The van der Waals surface area contributed by atoms with Crippen molar-refractivity contribution < 1.29 is 9.94 Å². The molecule has 6 heteroatoms. The Bertz CT molecular complexity index is 798. The van der Waals surface area contributed by atoms with Crippen LogP contribution < -0.4 is 4.74 Å². The van der Waals surface area contributed by atoms with Crippen molar-refractivity contribution in [3.63, 3.8) is 0 Å². The zero-order valence-electron chi connectivity index (χ0n) is 12.0. The fourth-order valence-corrected chi connectivity index (χ4v) is 2.91. The highest BCUT2D eigenvalue weighted by Crippen LogP contribution is 2.25. The van der Waals surface area contributed by atoms with Gasteiger partial charge in [-0.3, -0.25) is 0 Å². The van der Waals surface area contributed by atoms with Gasteiger partial charge in [-0.1, -0.05) is 28.9 Å². The van der Waals surface area contributed by atoms with Gasteiger partial charge in [0.05, 0.1) is 11.9 Å². The summed E-state index contributed by atoms with van der Waals surface area (Å²) in [7, 11) is 0. The van der Waals surface area contributed by atoms with Crippen LogP contribution in [0.15, 0.2) is 59.1 Å². The molecule has 0 aliphatic rings. The molecule has 0 aliphatic heterocycles.